The van der Waals surface area contributed by atoms with Crippen LogP contribution in [0.4, 0.5) is 19.0 Å². The van der Waals surface area contributed by atoms with Crippen molar-refractivity contribution in [2.45, 2.75) is 18.3 Å². The van der Waals surface area contributed by atoms with Crippen LogP contribution in [0.5, 0.6) is 0 Å². The van der Waals surface area contributed by atoms with Gasteiger partial charge in [-0.25, -0.2) is 0 Å². The minimum atomic E-state index is -4.41. The number of rotatable bonds is 4. The first kappa shape index (κ1) is 20.8. The molecule has 6 nitrogen and oxygen atoms in total. The topological polar surface area (TPSA) is 78.4 Å². The van der Waals surface area contributed by atoms with Crippen molar-refractivity contribution < 1.29 is 23.1 Å². The van der Waals surface area contributed by atoms with Crippen LogP contribution in [-0.2, 0) is 11.0 Å². The molecule has 31 heavy (non-hydrogen) atoms. The molecule has 0 saturated carbocycles. The average Bonchev–Trinajstić information content (AvgIpc) is 3.13. The molecule has 0 bridgehead atoms. The standard InChI is InChI=1S/C22H19F3N4O2/c1-2-19(31)29-11-17(18(30)12-29)26-21-16-6-4-3-5-15(16)20(27-28-21)13-7-9-14(10-8-13)22(23,24)25/h2-10,17-18,30H,1,11-12H2,(H,26,28)/t17-,18+/m1/s1. The number of aliphatic hydroxyl groups is 1. The molecule has 0 spiro atoms. The smallest absolute Gasteiger partial charge is 0.389 e. The van der Waals surface area contributed by atoms with Crippen molar-refractivity contribution in [2.24, 2.45) is 0 Å². The number of hydrogen-bond acceptors (Lipinski definition) is 5. The third-order valence-corrected chi connectivity index (χ3v) is 5.27. The highest BCUT2D eigenvalue weighted by Gasteiger charge is 2.34. The normalized spacial score (nSPS) is 18.9. The third-order valence-electron chi connectivity index (χ3n) is 5.27. The molecule has 160 valence electrons. The van der Waals surface area contributed by atoms with Crippen LogP contribution in [0.3, 0.4) is 0 Å². The number of likely N-dealkylation sites (tertiary alicyclic amines) is 1. The van der Waals surface area contributed by atoms with E-state index in [2.05, 4.69) is 22.1 Å². The Labute approximate surface area is 176 Å². The quantitative estimate of drug-likeness (QED) is 0.622. The molecule has 1 saturated heterocycles. The van der Waals surface area contributed by atoms with Crippen LogP contribution in [0, 0.1) is 0 Å². The van der Waals surface area contributed by atoms with Crippen molar-refractivity contribution in [3.05, 3.63) is 66.7 Å². The van der Waals surface area contributed by atoms with Crippen molar-refractivity contribution in [1.29, 1.82) is 0 Å². The lowest BCUT2D eigenvalue weighted by Crippen LogP contribution is -2.33. The number of aliphatic hydroxyl groups excluding tert-OH is 1. The van der Waals surface area contributed by atoms with E-state index in [9.17, 15) is 23.1 Å². The lowest BCUT2D eigenvalue weighted by atomic mass is 10.0. The lowest BCUT2D eigenvalue weighted by molar-refractivity contribution is -0.137. The highest BCUT2D eigenvalue weighted by Crippen LogP contribution is 2.33. The van der Waals surface area contributed by atoms with Gasteiger partial charge in [-0.15, -0.1) is 10.2 Å². The molecule has 0 aliphatic carbocycles. The minimum Gasteiger partial charge on any atom is -0.389 e. The molecule has 9 heteroatoms. The molecular weight excluding hydrogens is 409 g/mol. The summed E-state index contributed by atoms with van der Waals surface area (Å²) in [4.78, 5) is 13.3. The molecule has 2 heterocycles. The van der Waals surface area contributed by atoms with E-state index in [1.165, 1.54) is 23.1 Å². The average molecular weight is 428 g/mol. The van der Waals surface area contributed by atoms with Gasteiger partial charge in [0.05, 0.1) is 17.7 Å². The number of benzene rings is 2. The summed E-state index contributed by atoms with van der Waals surface area (Å²) in [5.74, 6) is 0.153. The van der Waals surface area contributed by atoms with Crippen LogP contribution in [0.15, 0.2) is 61.2 Å². The SMILES string of the molecule is C=CC(=O)N1C[C@H](O)[C@H](Nc2nnc(-c3ccc(C(F)(F)F)cc3)c3ccccc23)C1. The van der Waals surface area contributed by atoms with Crippen molar-refractivity contribution in [3.63, 3.8) is 0 Å². The lowest BCUT2D eigenvalue weighted by Gasteiger charge is -2.18. The van der Waals surface area contributed by atoms with E-state index in [4.69, 9.17) is 0 Å². The van der Waals surface area contributed by atoms with Gasteiger partial charge in [0.2, 0.25) is 5.91 Å². The summed E-state index contributed by atoms with van der Waals surface area (Å²) in [5, 5.41) is 23.3. The highest BCUT2D eigenvalue weighted by atomic mass is 19.4. The zero-order chi connectivity index (χ0) is 22.2. The Morgan fingerprint density at radius 2 is 1.77 bits per heavy atom. The predicted molar refractivity (Wildman–Crippen MR) is 110 cm³/mol. The molecule has 2 aromatic carbocycles. The number of β-amino-alcohol motifs (C(OH)–C–C–N with tert-alkyl or cyclic N) is 1. The number of aromatic nitrogens is 2. The first-order valence-electron chi connectivity index (χ1n) is 9.57. The van der Waals surface area contributed by atoms with E-state index in [0.29, 0.717) is 27.8 Å². The Hall–Kier alpha value is -3.46. The predicted octanol–water partition coefficient (Wildman–Crippen LogP) is 3.49. The van der Waals surface area contributed by atoms with Crippen LogP contribution >= 0.6 is 0 Å². The van der Waals surface area contributed by atoms with Crippen LogP contribution in [0.2, 0.25) is 0 Å². The first-order valence-corrected chi connectivity index (χ1v) is 9.57. The van der Waals surface area contributed by atoms with E-state index in [1.807, 2.05) is 12.1 Å². The summed E-state index contributed by atoms with van der Waals surface area (Å²) < 4.78 is 38.6. The molecule has 1 amide bonds. The third kappa shape index (κ3) is 4.09. The number of nitrogens with zero attached hydrogens (tertiary/aromatic N) is 3. The van der Waals surface area contributed by atoms with Gasteiger partial charge in [-0.1, -0.05) is 43.0 Å². The molecule has 1 aliphatic heterocycles. The molecule has 1 fully saturated rings. The van der Waals surface area contributed by atoms with Crippen molar-refractivity contribution >= 4 is 22.5 Å². The summed E-state index contributed by atoms with van der Waals surface area (Å²) >= 11 is 0. The van der Waals surface area contributed by atoms with Crippen LogP contribution in [-0.4, -0.2) is 51.3 Å². The zero-order valence-corrected chi connectivity index (χ0v) is 16.3. The van der Waals surface area contributed by atoms with Crippen LogP contribution < -0.4 is 5.32 Å². The summed E-state index contributed by atoms with van der Waals surface area (Å²) in [7, 11) is 0. The highest BCUT2D eigenvalue weighted by molar-refractivity contribution is 6.00. The Balaban J connectivity index is 1.66. The van der Waals surface area contributed by atoms with E-state index in [0.717, 1.165) is 12.1 Å². The van der Waals surface area contributed by atoms with Crippen LogP contribution in [0.25, 0.3) is 22.0 Å². The van der Waals surface area contributed by atoms with E-state index >= 15 is 0 Å². The van der Waals surface area contributed by atoms with Crippen LogP contribution in [0.1, 0.15) is 5.56 Å². The van der Waals surface area contributed by atoms with Gasteiger partial charge in [0, 0.05) is 29.4 Å². The maximum atomic E-state index is 12.9. The Morgan fingerprint density at radius 1 is 1.10 bits per heavy atom. The maximum Gasteiger partial charge on any atom is 0.416 e. The zero-order valence-electron chi connectivity index (χ0n) is 16.3. The maximum absolute atomic E-state index is 12.9. The second kappa shape index (κ2) is 7.99. The number of alkyl halides is 3. The molecule has 2 N–H and O–H groups in total. The molecule has 4 rings (SSSR count). The number of anilines is 1. The summed E-state index contributed by atoms with van der Waals surface area (Å²) in [6, 6.07) is 11.5. The molecule has 3 aromatic rings. The molecule has 0 unspecified atom stereocenters. The fraction of sp³-hybridized carbons (Fsp3) is 0.227. The number of nitrogens with one attached hydrogen (secondary N) is 1. The number of halogens is 3. The summed E-state index contributed by atoms with van der Waals surface area (Å²) in [5.41, 5.74) is 0.220. The molecule has 1 aromatic heterocycles. The summed E-state index contributed by atoms with van der Waals surface area (Å²) in [6.45, 7) is 3.92. The fourth-order valence-corrected chi connectivity index (χ4v) is 3.65. The first-order chi connectivity index (χ1) is 14.8. The Bertz CT molecular complexity index is 1130. The fourth-order valence-electron chi connectivity index (χ4n) is 3.65. The van der Waals surface area contributed by atoms with Crippen molar-refractivity contribution in [1.82, 2.24) is 15.1 Å². The molecule has 1 aliphatic rings. The molecule has 0 radical (unpaired) electrons. The molecular formula is C22H19F3N4O2. The monoisotopic (exact) mass is 428 g/mol. The number of fused-ring (bicyclic) bond motifs is 1. The van der Waals surface area contributed by atoms with Gasteiger partial charge in [0.25, 0.3) is 0 Å². The van der Waals surface area contributed by atoms with E-state index in [1.54, 1.807) is 12.1 Å². The van der Waals surface area contributed by atoms with E-state index < -0.39 is 23.9 Å². The van der Waals surface area contributed by atoms with Gasteiger partial charge in [-0.2, -0.15) is 13.2 Å². The van der Waals surface area contributed by atoms with Gasteiger partial charge in [0.15, 0.2) is 5.82 Å². The second-order valence-electron chi connectivity index (χ2n) is 7.28. The van der Waals surface area contributed by atoms with Gasteiger partial charge in [0.1, 0.15) is 5.69 Å². The van der Waals surface area contributed by atoms with Gasteiger partial charge >= 0.3 is 6.18 Å². The number of amides is 1. The number of hydrogen-bond donors (Lipinski definition) is 2. The Kier molecular flexibility index (Phi) is 5.36. The van der Waals surface area contributed by atoms with E-state index in [-0.39, 0.29) is 19.0 Å². The minimum absolute atomic E-state index is 0.178. The second-order valence-corrected chi connectivity index (χ2v) is 7.28. The van der Waals surface area contributed by atoms with Crippen molar-refractivity contribution in [3.8, 4) is 11.3 Å². The van der Waals surface area contributed by atoms with Gasteiger partial charge in [-0.05, 0) is 18.2 Å². The van der Waals surface area contributed by atoms with Crippen molar-refractivity contribution in [2.75, 3.05) is 18.4 Å². The van der Waals surface area contributed by atoms with Gasteiger partial charge in [-0.3, -0.25) is 4.79 Å². The van der Waals surface area contributed by atoms with Gasteiger partial charge < -0.3 is 15.3 Å². The summed E-state index contributed by atoms with van der Waals surface area (Å²) in [6.07, 6.45) is -4.01. The number of carbonyl (C=O) groups excluding carboxylic acids is 1. The molecule has 2 atom stereocenters. The number of carbonyl (C=O) groups is 1. The largest absolute Gasteiger partial charge is 0.416 e. The Morgan fingerprint density at radius 3 is 2.42 bits per heavy atom.